The zero-order valence-electron chi connectivity index (χ0n) is 12.4. The molecule has 2 fully saturated rings. The number of nitrogens with zero attached hydrogens (tertiary/aromatic N) is 2. The Labute approximate surface area is 129 Å². The Hall–Kier alpha value is -2.36. The Morgan fingerprint density at radius 1 is 0.909 bits per heavy atom. The highest BCUT2D eigenvalue weighted by atomic mass is 16.2. The molecule has 0 bridgehead atoms. The molecule has 0 aromatic heterocycles. The third-order valence-electron chi connectivity index (χ3n) is 4.76. The predicted molar refractivity (Wildman–Crippen MR) is 85.8 cm³/mol. The SMILES string of the molecule is O=C1CN(C2CCCC2)C(=O)N1c1cccc2ccccc12. The molecule has 0 spiro atoms. The van der Waals surface area contributed by atoms with Crippen molar-refractivity contribution in [3.05, 3.63) is 42.5 Å². The number of urea groups is 1. The van der Waals surface area contributed by atoms with Gasteiger partial charge in [-0.1, -0.05) is 49.2 Å². The summed E-state index contributed by atoms with van der Waals surface area (Å²) in [5.74, 6) is -0.117. The van der Waals surface area contributed by atoms with Gasteiger partial charge in [0, 0.05) is 11.4 Å². The van der Waals surface area contributed by atoms with E-state index in [4.69, 9.17) is 0 Å². The molecule has 0 unspecified atom stereocenters. The minimum absolute atomic E-state index is 0.117. The zero-order valence-corrected chi connectivity index (χ0v) is 12.4. The lowest BCUT2D eigenvalue weighted by molar-refractivity contribution is -0.116. The number of imide groups is 1. The number of anilines is 1. The van der Waals surface area contributed by atoms with Gasteiger partial charge >= 0.3 is 6.03 Å². The minimum Gasteiger partial charge on any atom is -0.312 e. The maximum absolute atomic E-state index is 12.8. The molecule has 4 heteroatoms. The Morgan fingerprint density at radius 3 is 2.45 bits per heavy atom. The average molecular weight is 294 g/mol. The fourth-order valence-electron chi connectivity index (χ4n) is 3.66. The molecule has 4 nitrogen and oxygen atoms in total. The number of hydrogen-bond acceptors (Lipinski definition) is 2. The summed E-state index contributed by atoms with van der Waals surface area (Å²) >= 11 is 0. The predicted octanol–water partition coefficient (Wildman–Crippen LogP) is 3.55. The van der Waals surface area contributed by atoms with Crippen molar-refractivity contribution in [1.82, 2.24) is 4.90 Å². The lowest BCUT2D eigenvalue weighted by atomic mass is 10.1. The highest BCUT2D eigenvalue weighted by molar-refractivity contribution is 6.23. The number of rotatable bonds is 2. The Balaban J connectivity index is 1.75. The van der Waals surface area contributed by atoms with Crippen LogP contribution in [0, 0.1) is 0 Å². The summed E-state index contributed by atoms with van der Waals surface area (Å²) in [7, 11) is 0. The lowest BCUT2D eigenvalue weighted by Crippen LogP contribution is -2.38. The monoisotopic (exact) mass is 294 g/mol. The fraction of sp³-hybridized carbons (Fsp3) is 0.333. The van der Waals surface area contributed by atoms with Gasteiger partial charge in [0.1, 0.15) is 6.54 Å². The number of benzene rings is 2. The van der Waals surface area contributed by atoms with E-state index in [9.17, 15) is 9.59 Å². The highest BCUT2D eigenvalue weighted by Gasteiger charge is 2.41. The molecule has 0 N–H and O–H groups in total. The van der Waals surface area contributed by atoms with E-state index in [0.29, 0.717) is 5.69 Å². The van der Waals surface area contributed by atoms with Crippen LogP contribution in [0.1, 0.15) is 25.7 Å². The van der Waals surface area contributed by atoms with E-state index in [0.717, 1.165) is 36.5 Å². The average Bonchev–Trinajstić information content (AvgIpc) is 3.15. The minimum atomic E-state index is -0.159. The van der Waals surface area contributed by atoms with Crippen LogP contribution in [-0.4, -0.2) is 29.4 Å². The van der Waals surface area contributed by atoms with E-state index in [-0.39, 0.29) is 24.5 Å². The van der Waals surface area contributed by atoms with Crippen molar-refractivity contribution >= 4 is 28.4 Å². The molecular weight excluding hydrogens is 276 g/mol. The molecule has 1 aliphatic heterocycles. The van der Waals surface area contributed by atoms with Gasteiger partial charge in [0.2, 0.25) is 0 Å². The summed E-state index contributed by atoms with van der Waals surface area (Å²) in [6, 6.07) is 13.7. The largest absolute Gasteiger partial charge is 0.332 e. The van der Waals surface area contributed by atoms with Gasteiger partial charge in [-0.3, -0.25) is 4.79 Å². The van der Waals surface area contributed by atoms with Crippen LogP contribution in [-0.2, 0) is 4.79 Å². The maximum atomic E-state index is 12.8. The van der Waals surface area contributed by atoms with E-state index in [1.165, 1.54) is 4.90 Å². The molecule has 2 aliphatic rings. The number of carbonyl (C=O) groups excluding carboxylic acids is 2. The van der Waals surface area contributed by atoms with Gasteiger partial charge in [0.15, 0.2) is 0 Å². The lowest BCUT2D eigenvalue weighted by Gasteiger charge is -2.23. The van der Waals surface area contributed by atoms with E-state index in [1.54, 1.807) is 4.90 Å². The summed E-state index contributed by atoms with van der Waals surface area (Å²) in [6.45, 7) is 0.215. The van der Waals surface area contributed by atoms with E-state index >= 15 is 0 Å². The molecule has 4 rings (SSSR count). The first-order valence-corrected chi connectivity index (χ1v) is 7.87. The fourth-order valence-corrected chi connectivity index (χ4v) is 3.66. The van der Waals surface area contributed by atoms with Gasteiger partial charge in [-0.2, -0.15) is 0 Å². The number of amides is 3. The second-order valence-electron chi connectivity index (χ2n) is 6.08. The van der Waals surface area contributed by atoms with Crippen LogP contribution < -0.4 is 4.90 Å². The van der Waals surface area contributed by atoms with Crippen LogP contribution in [0.2, 0.25) is 0 Å². The molecule has 1 saturated carbocycles. The molecule has 1 aliphatic carbocycles. The third-order valence-corrected chi connectivity index (χ3v) is 4.76. The number of hydrogen-bond donors (Lipinski definition) is 0. The molecule has 2 aromatic carbocycles. The Bertz CT molecular complexity index is 744. The smallest absolute Gasteiger partial charge is 0.312 e. The van der Waals surface area contributed by atoms with Gasteiger partial charge in [-0.25, -0.2) is 9.69 Å². The summed E-state index contributed by atoms with van der Waals surface area (Å²) < 4.78 is 0. The second kappa shape index (κ2) is 5.13. The van der Waals surface area contributed by atoms with Crippen molar-refractivity contribution in [3.63, 3.8) is 0 Å². The molecule has 3 amide bonds. The molecule has 1 saturated heterocycles. The standard InChI is InChI=1S/C18H18N2O2/c21-17-12-19(14-8-2-3-9-14)18(22)20(17)16-11-5-7-13-6-1-4-10-15(13)16/h1,4-7,10-11,14H,2-3,8-9,12H2. The van der Waals surface area contributed by atoms with Crippen LogP contribution in [0.4, 0.5) is 10.5 Å². The quantitative estimate of drug-likeness (QED) is 0.795. The van der Waals surface area contributed by atoms with Crippen LogP contribution in [0.25, 0.3) is 10.8 Å². The molecule has 112 valence electrons. The molecule has 22 heavy (non-hydrogen) atoms. The summed E-state index contributed by atoms with van der Waals surface area (Å²) in [4.78, 5) is 28.4. The van der Waals surface area contributed by atoms with Crippen molar-refractivity contribution in [1.29, 1.82) is 0 Å². The Kier molecular flexibility index (Phi) is 3.10. The molecule has 2 aromatic rings. The first kappa shape index (κ1) is 13.3. The first-order valence-electron chi connectivity index (χ1n) is 7.87. The van der Waals surface area contributed by atoms with Gasteiger partial charge in [0.05, 0.1) is 5.69 Å². The van der Waals surface area contributed by atoms with Gasteiger partial charge in [-0.05, 0) is 24.3 Å². The van der Waals surface area contributed by atoms with Gasteiger partial charge < -0.3 is 4.90 Å². The maximum Gasteiger partial charge on any atom is 0.332 e. The van der Waals surface area contributed by atoms with Crippen molar-refractivity contribution < 1.29 is 9.59 Å². The van der Waals surface area contributed by atoms with Crippen LogP contribution >= 0.6 is 0 Å². The van der Waals surface area contributed by atoms with Crippen molar-refractivity contribution in [2.75, 3.05) is 11.4 Å². The molecule has 0 atom stereocenters. The van der Waals surface area contributed by atoms with Gasteiger partial charge in [0.25, 0.3) is 5.91 Å². The summed E-state index contributed by atoms with van der Waals surface area (Å²) in [5, 5.41) is 1.99. The molecule has 0 radical (unpaired) electrons. The Morgan fingerprint density at radius 2 is 1.64 bits per heavy atom. The van der Waals surface area contributed by atoms with Crippen molar-refractivity contribution in [2.24, 2.45) is 0 Å². The highest BCUT2D eigenvalue weighted by Crippen LogP contribution is 2.33. The topological polar surface area (TPSA) is 40.6 Å². The van der Waals surface area contributed by atoms with Crippen LogP contribution in [0.3, 0.4) is 0 Å². The van der Waals surface area contributed by atoms with E-state index in [1.807, 2.05) is 42.5 Å². The summed E-state index contributed by atoms with van der Waals surface area (Å²) in [6.07, 6.45) is 4.33. The second-order valence-corrected chi connectivity index (χ2v) is 6.08. The summed E-state index contributed by atoms with van der Waals surface area (Å²) in [5.41, 5.74) is 0.702. The zero-order chi connectivity index (χ0) is 15.1. The van der Waals surface area contributed by atoms with Crippen LogP contribution in [0.15, 0.2) is 42.5 Å². The first-order chi connectivity index (χ1) is 10.8. The van der Waals surface area contributed by atoms with Crippen LogP contribution in [0.5, 0.6) is 0 Å². The molecular formula is C18H18N2O2. The van der Waals surface area contributed by atoms with E-state index < -0.39 is 0 Å². The van der Waals surface area contributed by atoms with Gasteiger partial charge in [-0.15, -0.1) is 0 Å². The van der Waals surface area contributed by atoms with E-state index in [2.05, 4.69) is 0 Å². The third kappa shape index (κ3) is 1.98. The number of carbonyl (C=O) groups is 2. The van der Waals surface area contributed by atoms with Crippen molar-refractivity contribution in [3.8, 4) is 0 Å². The molecule has 1 heterocycles. The number of fused-ring (bicyclic) bond motifs is 1. The normalized spacial score (nSPS) is 19.6. The van der Waals surface area contributed by atoms with Crippen molar-refractivity contribution in [2.45, 2.75) is 31.7 Å².